The van der Waals surface area contributed by atoms with Gasteiger partial charge >= 0.3 is 0 Å². The number of benzene rings is 1. The Bertz CT molecular complexity index is 615. The molecule has 2 aliphatic carbocycles. The number of aryl methyl sites for hydroxylation is 2. The molecule has 1 saturated carbocycles. The fourth-order valence-electron chi connectivity index (χ4n) is 3.85. The fourth-order valence-corrected chi connectivity index (χ4v) is 4.07. The van der Waals surface area contributed by atoms with E-state index < -0.39 is 0 Å². The Morgan fingerprint density at radius 3 is 2.65 bits per heavy atom. The number of hydrogen-bond acceptors (Lipinski definition) is 2. The van der Waals surface area contributed by atoms with Crippen LogP contribution in [0, 0.1) is 13.8 Å². The van der Waals surface area contributed by atoms with Crippen LogP contribution in [-0.2, 0) is 6.42 Å². The van der Waals surface area contributed by atoms with Crippen molar-refractivity contribution in [1.82, 2.24) is 10.7 Å². The predicted molar refractivity (Wildman–Crippen MR) is 101 cm³/mol. The maximum atomic E-state index is 5.42. The second kappa shape index (κ2) is 7.43. The van der Waals surface area contributed by atoms with Crippen LogP contribution in [0.4, 0.5) is 0 Å². The molecule has 2 aliphatic rings. The number of rotatable bonds is 2. The van der Waals surface area contributed by atoms with Gasteiger partial charge in [-0.1, -0.05) is 30.9 Å². The summed E-state index contributed by atoms with van der Waals surface area (Å²) < 4.78 is 0. The molecule has 23 heavy (non-hydrogen) atoms. The lowest BCUT2D eigenvalue weighted by molar-refractivity contribution is 0.412. The molecule has 2 N–H and O–H groups in total. The highest BCUT2D eigenvalue weighted by molar-refractivity contribution is 7.80. The molecule has 0 amide bonds. The predicted octanol–water partition coefficient (Wildman–Crippen LogP) is 4.14. The standard InChI is InChI=1S/C19H27N3S/c1-13-11-14(2)16-9-6-10-18(17(16)12-13)21-22-19(23)20-15-7-4-3-5-8-15/h11-12,15H,3-10H2,1-2H3,(H2,20,22,23)/b21-18-. The molecule has 0 radical (unpaired) electrons. The van der Waals surface area contributed by atoms with Crippen molar-refractivity contribution < 1.29 is 0 Å². The van der Waals surface area contributed by atoms with E-state index in [0.717, 1.165) is 18.6 Å². The molecule has 3 rings (SSSR count). The summed E-state index contributed by atoms with van der Waals surface area (Å²) in [4.78, 5) is 0. The van der Waals surface area contributed by atoms with Gasteiger partial charge in [-0.15, -0.1) is 0 Å². The second-order valence-corrected chi connectivity index (χ2v) is 7.35. The van der Waals surface area contributed by atoms with Gasteiger partial charge in [-0.2, -0.15) is 5.10 Å². The van der Waals surface area contributed by atoms with E-state index >= 15 is 0 Å². The smallest absolute Gasteiger partial charge is 0.187 e. The van der Waals surface area contributed by atoms with Gasteiger partial charge in [0.2, 0.25) is 0 Å². The average molecular weight is 330 g/mol. The average Bonchev–Trinajstić information content (AvgIpc) is 2.54. The largest absolute Gasteiger partial charge is 0.359 e. The van der Waals surface area contributed by atoms with Gasteiger partial charge in [0.1, 0.15) is 0 Å². The molecule has 1 aromatic carbocycles. The first kappa shape index (κ1) is 16.4. The normalized spacial score (nSPS) is 20.2. The Kier molecular flexibility index (Phi) is 5.31. The summed E-state index contributed by atoms with van der Waals surface area (Å²) in [6.07, 6.45) is 9.76. The molecule has 0 aromatic heterocycles. The Labute approximate surface area is 144 Å². The number of nitrogens with one attached hydrogen (secondary N) is 2. The second-order valence-electron chi connectivity index (χ2n) is 6.94. The Morgan fingerprint density at radius 1 is 1.09 bits per heavy atom. The van der Waals surface area contributed by atoms with Gasteiger partial charge in [-0.25, -0.2) is 0 Å². The van der Waals surface area contributed by atoms with Crippen LogP contribution in [0.2, 0.25) is 0 Å². The molecule has 0 aliphatic heterocycles. The topological polar surface area (TPSA) is 36.4 Å². The lowest BCUT2D eigenvalue weighted by Gasteiger charge is -2.24. The number of hydrazone groups is 1. The zero-order valence-electron chi connectivity index (χ0n) is 14.2. The van der Waals surface area contributed by atoms with Gasteiger partial charge in [0, 0.05) is 11.6 Å². The maximum absolute atomic E-state index is 5.42. The van der Waals surface area contributed by atoms with Crippen molar-refractivity contribution in [2.75, 3.05) is 0 Å². The summed E-state index contributed by atoms with van der Waals surface area (Å²) in [7, 11) is 0. The Balaban J connectivity index is 1.68. The summed E-state index contributed by atoms with van der Waals surface area (Å²) in [6, 6.07) is 5.05. The van der Waals surface area contributed by atoms with E-state index in [-0.39, 0.29) is 0 Å². The number of thiocarbonyl (C=S) groups is 1. The van der Waals surface area contributed by atoms with E-state index in [0.29, 0.717) is 11.2 Å². The first-order valence-corrected chi connectivity index (χ1v) is 9.28. The minimum atomic E-state index is 0.520. The lowest BCUT2D eigenvalue weighted by Crippen LogP contribution is -2.41. The minimum absolute atomic E-state index is 0.520. The van der Waals surface area contributed by atoms with Gasteiger partial charge in [0.25, 0.3) is 0 Å². The highest BCUT2D eigenvalue weighted by Gasteiger charge is 2.18. The molecule has 0 saturated heterocycles. The third-order valence-corrected chi connectivity index (χ3v) is 5.21. The summed E-state index contributed by atoms with van der Waals surface area (Å²) in [6.45, 7) is 4.36. The summed E-state index contributed by atoms with van der Waals surface area (Å²) >= 11 is 5.42. The van der Waals surface area contributed by atoms with Gasteiger partial charge in [0.15, 0.2) is 5.11 Å². The quantitative estimate of drug-likeness (QED) is 0.632. The van der Waals surface area contributed by atoms with Gasteiger partial charge in [-0.05, 0) is 75.4 Å². The van der Waals surface area contributed by atoms with E-state index in [4.69, 9.17) is 12.2 Å². The number of nitrogens with zero attached hydrogens (tertiary/aromatic N) is 1. The van der Waals surface area contributed by atoms with Crippen LogP contribution in [0.15, 0.2) is 17.2 Å². The van der Waals surface area contributed by atoms with E-state index in [1.165, 1.54) is 60.8 Å². The first-order chi connectivity index (χ1) is 11.1. The van der Waals surface area contributed by atoms with E-state index in [1.54, 1.807) is 0 Å². The molecular formula is C19H27N3S. The monoisotopic (exact) mass is 329 g/mol. The number of fused-ring (bicyclic) bond motifs is 1. The first-order valence-electron chi connectivity index (χ1n) is 8.87. The highest BCUT2D eigenvalue weighted by atomic mass is 32.1. The van der Waals surface area contributed by atoms with Crippen LogP contribution in [0.1, 0.15) is 67.2 Å². The Morgan fingerprint density at radius 2 is 1.87 bits per heavy atom. The zero-order valence-corrected chi connectivity index (χ0v) is 15.1. The molecular weight excluding hydrogens is 302 g/mol. The molecule has 1 fully saturated rings. The van der Waals surface area contributed by atoms with Crippen molar-refractivity contribution in [2.45, 2.75) is 71.3 Å². The van der Waals surface area contributed by atoms with Crippen LogP contribution in [0.25, 0.3) is 0 Å². The van der Waals surface area contributed by atoms with Crippen LogP contribution in [0.5, 0.6) is 0 Å². The van der Waals surface area contributed by atoms with Crippen molar-refractivity contribution in [1.29, 1.82) is 0 Å². The fraction of sp³-hybridized carbons (Fsp3) is 0.579. The van der Waals surface area contributed by atoms with E-state index in [9.17, 15) is 0 Å². The van der Waals surface area contributed by atoms with Crippen LogP contribution >= 0.6 is 12.2 Å². The summed E-state index contributed by atoms with van der Waals surface area (Å²) in [5.74, 6) is 0. The zero-order chi connectivity index (χ0) is 16.2. The molecule has 4 heteroatoms. The molecule has 0 bridgehead atoms. The number of hydrogen-bond donors (Lipinski definition) is 2. The van der Waals surface area contributed by atoms with E-state index in [1.807, 2.05) is 0 Å². The minimum Gasteiger partial charge on any atom is -0.359 e. The molecule has 124 valence electrons. The van der Waals surface area contributed by atoms with Gasteiger partial charge in [-0.3, -0.25) is 5.43 Å². The Hall–Kier alpha value is -1.42. The van der Waals surface area contributed by atoms with Crippen LogP contribution in [-0.4, -0.2) is 16.9 Å². The third-order valence-electron chi connectivity index (χ3n) is 5.00. The highest BCUT2D eigenvalue weighted by Crippen LogP contribution is 2.26. The third kappa shape index (κ3) is 4.11. The molecule has 1 aromatic rings. The molecule has 0 atom stereocenters. The summed E-state index contributed by atoms with van der Waals surface area (Å²) in [5.41, 5.74) is 9.68. The van der Waals surface area contributed by atoms with Gasteiger partial charge < -0.3 is 5.32 Å². The van der Waals surface area contributed by atoms with Crippen molar-refractivity contribution in [3.63, 3.8) is 0 Å². The van der Waals surface area contributed by atoms with Crippen molar-refractivity contribution >= 4 is 23.0 Å². The van der Waals surface area contributed by atoms with Crippen LogP contribution in [0.3, 0.4) is 0 Å². The SMILES string of the molecule is Cc1cc(C)c2c(c1)/C(=N\NC(=S)NC1CCCCC1)CCC2. The lowest BCUT2D eigenvalue weighted by atomic mass is 9.86. The molecule has 0 unspecified atom stereocenters. The van der Waals surface area contributed by atoms with Gasteiger partial charge in [0.05, 0.1) is 5.71 Å². The van der Waals surface area contributed by atoms with E-state index in [2.05, 4.69) is 41.8 Å². The summed E-state index contributed by atoms with van der Waals surface area (Å²) in [5, 5.41) is 8.72. The van der Waals surface area contributed by atoms with Crippen molar-refractivity contribution in [3.8, 4) is 0 Å². The molecule has 3 nitrogen and oxygen atoms in total. The van der Waals surface area contributed by atoms with Crippen molar-refractivity contribution in [2.24, 2.45) is 5.10 Å². The van der Waals surface area contributed by atoms with Crippen molar-refractivity contribution in [3.05, 3.63) is 34.4 Å². The van der Waals surface area contributed by atoms with Crippen LogP contribution < -0.4 is 10.7 Å². The molecule has 0 spiro atoms. The molecule has 0 heterocycles. The maximum Gasteiger partial charge on any atom is 0.187 e.